The molecule has 1 rings (SSSR count). The Kier molecular flexibility index (Phi) is 2.24. The molecule has 0 amide bonds. The van der Waals surface area contributed by atoms with E-state index in [1.807, 2.05) is 30.3 Å². The third-order valence-corrected chi connectivity index (χ3v) is 1.09. The first-order chi connectivity index (χ1) is 4.43. The van der Waals surface area contributed by atoms with Gasteiger partial charge in [-0.15, -0.1) is 0 Å². The van der Waals surface area contributed by atoms with Crippen molar-refractivity contribution in [1.82, 2.24) is 0 Å². The van der Waals surface area contributed by atoms with Crippen LogP contribution >= 0.6 is 0 Å². The van der Waals surface area contributed by atoms with Gasteiger partial charge in [0.05, 0.1) is 6.61 Å². The Morgan fingerprint density at radius 2 is 2.00 bits per heavy atom. The fraction of sp³-hybridized carbons (Fsp3) is 0.143. The van der Waals surface area contributed by atoms with Crippen LogP contribution in [0.2, 0.25) is 0 Å². The number of nitrogens with two attached hydrogens (primary N) is 1. The van der Waals surface area contributed by atoms with Gasteiger partial charge in [-0.25, -0.2) is 5.90 Å². The molecule has 0 heterocycles. The Balaban J connectivity index is 0.000000810. The molecule has 9 heavy (non-hydrogen) atoms. The maximum atomic E-state index is 4.86. The van der Waals surface area contributed by atoms with Gasteiger partial charge < -0.3 is 0 Å². The van der Waals surface area contributed by atoms with E-state index in [1.54, 1.807) is 0 Å². The molecule has 0 bridgehead atoms. The minimum atomic E-state index is 0. The molecule has 50 valence electrons. The zero-order valence-electron chi connectivity index (χ0n) is 5.08. The van der Waals surface area contributed by atoms with E-state index in [4.69, 9.17) is 5.90 Å². The Bertz CT molecular complexity index is 167. The van der Waals surface area contributed by atoms with Crippen LogP contribution in [-0.4, -0.2) is 0 Å². The standard InChI is InChI=1S/C7H9NO.H2/c8-9-6-7-4-2-1-3-5-7;/h1-5H,6,8H2;1H. The van der Waals surface area contributed by atoms with Gasteiger partial charge in [0.2, 0.25) is 0 Å². The summed E-state index contributed by atoms with van der Waals surface area (Å²) in [5, 5.41) is 0. The second-order valence-corrected chi connectivity index (χ2v) is 1.80. The van der Waals surface area contributed by atoms with Crippen molar-refractivity contribution < 1.29 is 6.26 Å². The lowest BCUT2D eigenvalue weighted by atomic mass is 10.2. The molecule has 0 aliphatic carbocycles. The van der Waals surface area contributed by atoms with E-state index in [-0.39, 0.29) is 1.43 Å². The molecule has 0 atom stereocenters. The molecule has 0 aromatic heterocycles. The van der Waals surface area contributed by atoms with Gasteiger partial charge in [-0.1, -0.05) is 30.3 Å². The first-order valence-corrected chi connectivity index (χ1v) is 2.79. The third-order valence-electron chi connectivity index (χ3n) is 1.09. The summed E-state index contributed by atoms with van der Waals surface area (Å²) < 4.78 is 0. The van der Waals surface area contributed by atoms with Crippen LogP contribution in [0.15, 0.2) is 30.3 Å². The van der Waals surface area contributed by atoms with Crippen LogP contribution in [0.3, 0.4) is 0 Å². The number of hydrogen-bond donors (Lipinski definition) is 1. The average Bonchev–Trinajstić information content (AvgIpc) is 1.91. The summed E-state index contributed by atoms with van der Waals surface area (Å²) in [7, 11) is 0. The van der Waals surface area contributed by atoms with Crippen LogP contribution in [0.4, 0.5) is 0 Å². The second kappa shape index (κ2) is 3.22. The van der Waals surface area contributed by atoms with Crippen molar-refractivity contribution in [2.24, 2.45) is 5.90 Å². The summed E-state index contributed by atoms with van der Waals surface area (Å²) in [5.41, 5.74) is 1.10. The Hall–Kier alpha value is -0.860. The van der Waals surface area contributed by atoms with Gasteiger partial charge in [-0.3, -0.25) is 4.84 Å². The molecule has 0 unspecified atom stereocenters. The lowest BCUT2D eigenvalue weighted by Gasteiger charge is -1.94. The molecule has 0 radical (unpaired) electrons. The molecule has 0 saturated heterocycles. The molecule has 0 aliphatic rings. The highest BCUT2D eigenvalue weighted by Crippen LogP contribution is 1.97. The van der Waals surface area contributed by atoms with Crippen molar-refractivity contribution in [3.63, 3.8) is 0 Å². The first-order valence-electron chi connectivity index (χ1n) is 2.79. The van der Waals surface area contributed by atoms with E-state index >= 15 is 0 Å². The van der Waals surface area contributed by atoms with Crippen molar-refractivity contribution in [3.05, 3.63) is 35.9 Å². The minimum absolute atomic E-state index is 0. The van der Waals surface area contributed by atoms with Crippen LogP contribution in [0, 0.1) is 0 Å². The fourth-order valence-electron chi connectivity index (χ4n) is 0.670. The summed E-state index contributed by atoms with van der Waals surface area (Å²) in [6, 6.07) is 9.79. The Labute approximate surface area is 55.7 Å². The van der Waals surface area contributed by atoms with Gasteiger partial charge in [0.1, 0.15) is 0 Å². The maximum absolute atomic E-state index is 4.86. The van der Waals surface area contributed by atoms with Crippen molar-refractivity contribution in [2.75, 3.05) is 0 Å². The van der Waals surface area contributed by atoms with Crippen LogP contribution < -0.4 is 5.90 Å². The molecule has 2 N–H and O–H groups in total. The third kappa shape index (κ3) is 1.83. The predicted molar refractivity (Wildman–Crippen MR) is 37.5 cm³/mol. The fourth-order valence-corrected chi connectivity index (χ4v) is 0.670. The monoisotopic (exact) mass is 125 g/mol. The van der Waals surface area contributed by atoms with E-state index < -0.39 is 0 Å². The second-order valence-electron chi connectivity index (χ2n) is 1.80. The topological polar surface area (TPSA) is 35.2 Å². The highest BCUT2D eigenvalue weighted by molar-refractivity contribution is 5.13. The quantitative estimate of drug-likeness (QED) is 0.605. The van der Waals surface area contributed by atoms with E-state index in [2.05, 4.69) is 4.84 Å². The number of benzene rings is 1. The van der Waals surface area contributed by atoms with Crippen molar-refractivity contribution in [1.29, 1.82) is 0 Å². The van der Waals surface area contributed by atoms with Crippen LogP contribution in [0.1, 0.15) is 6.99 Å². The zero-order valence-corrected chi connectivity index (χ0v) is 5.08. The molecule has 2 nitrogen and oxygen atoms in total. The lowest BCUT2D eigenvalue weighted by molar-refractivity contribution is 0.124. The summed E-state index contributed by atoms with van der Waals surface area (Å²) >= 11 is 0. The van der Waals surface area contributed by atoms with E-state index in [9.17, 15) is 0 Å². The van der Waals surface area contributed by atoms with Gasteiger partial charge in [-0.05, 0) is 5.56 Å². The molecule has 1 aromatic carbocycles. The predicted octanol–water partition coefficient (Wildman–Crippen LogP) is 1.32. The average molecular weight is 125 g/mol. The summed E-state index contributed by atoms with van der Waals surface area (Å²) in [5.74, 6) is 4.86. The molecule has 1 aromatic rings. The van der Waals surface area contributed by atoms with E-state index in [0.717, 1.165) is 5.56 Å². The molecule has 0 aliphatic heterocycles. The molecule has 0 saturated carbocycles. The molecular weight excluding hydrogens is 114 g/mol. The van der Waals surface area contributed by atoms with Crippen molar-refractivity contribution in [3.8, 4) is 0 Å². The molecule has 2 heteroatoms. The number of rotatable bonds is 2. The van der Waals surface area contributed by atoms with Crippen LogP contribution in [0.5, 0.6) is 0 Å². The van der Waals surface area contributed by atoms with Gasteiger partial charge in [-0.2, -0.15) is 0 Å². The van der Waals surface area contributed by atoms with E-state index in [1.165, 1.54) is 0 Å². The maximum Gasteiger partial charge on any atom is 0.0930 e. The van der Waals surface area contributed by atoms with Crippen LogP contribution in [0.25, 0.3) is 0 Å². The smallest absolute Gasteiger partial charge is 0.0930 e. The highest BCUT2D eigenvalue weighted by Gasteiger charge is 1.85. The number of hydrogen-bond acceptors (Lipinski definition) is 2. The molecular formula is C7H11NO. The summed E-state index contributed by atoms with van der Waals surface area (Å²) in [6.45, 7) is 0.487. The largest absolute Gasteiger partial charge is 0.300 e. The van der Waals surface area contributed by atoms with E-state index in [0.29, 0.717) is 6.61 Å². The molecule has 0 spiro atoms. The highest BCUT2D eigenvalue weighted by atomic mass is 16.6. The zero-order chi connectivity index (χ0) is 6.53. The van der Waals surface area contributed by atoms with Crippen LogP contribution in [-0.2, 0) is 11.4 Å². The Morgan fingerprint density at radius 1 is 1.33 bits per heavy atom. The summed E-state index contributed by atoms with van der Waals surface area (Å²) in [6.07, 6.45) is 0. The SMILES string of the molecule is NOCc1ccccc1.[HH]. The van der Waals surface area contributed by atoms with Gasteiger partial charge in [0.25, 0.3) is 0 Å². The molecule has 0 fully saturated rings. The normalized spacial score (nSPS) is 9.44. The van der Waals surface area contributed by atoms with Gasteiger partial charge in [0.15, 0.2) is 0 Å². The minimum Gasteiger partial charge on any atom is -0.300 e. The first kappa shape index (κ1) is 6.26. The van der Waals surface area contributed by atoms with Crippen molar-refractivity contribution >= 4 is 0 Å². The van der Waals surface area contributed by atoms with Gasteiger partial charge >= 0.3 is 0 Å². The Morgan fingerprint density at radius 3 is 2.56 bits per heavy atom. The summed E-state index contributed by atoms with van der Waals surface area (Å²) in [4.78, 5) is 4.43. The lowest BCUT2D eigenvalue weighted by Crippen LogP contribution is -1.97. The van der Waals surface area contributed by atoms with Gasteiger partial charge in [0, 0.05) is 1.43 Å². The van der Waals surface area contributed by atoms with Crippen molar-refractivity contribution in [2.45, 2.75) is 6.61 Å².